The molecule has 0 spiro atoms. The second-order valence-electron chi connectivity index (χ2n) is 6.18. The van der Waals surface area contributed by atoms with Gasteiger partial charge in [0.05, 0.1) is 4.90 Å². The van der Waals surface area contributed by atoms with Crippen molar-refractivity contribution in [3.05, 3.63) is 48.8 Å². The maximum atomic E-state index is 13.1. The van der Waals surface area contributed by atoms with E-state index >= 15 is 0 Å². The van der Waals surface area contributed by atoms with Gasteiger partial charge in [-0.05, 0) is 35.7 Å². The molecule has 0 aliphatic carbocycles. The molecule has 1 atom stereocenters. The highest BCUT2D eigenvalue weighted by Gasteiger charge is 2.40. The second kappa shape index (κ2) is 6.19. The lowest BCUT2D eigenvalue weighted by Crippen LogP contribution is -2.42. The molecule has 2 N–H and O–H groups in total. The number of aromatic nitrogens is 3. The predicted molar refractivity (Wildman–Crippen MR) is 95.9 cm³/mol. The molecule has 1 aromatic heterocycles. The number of nitrogen functional groups attached to an aromatic ring is 1. The molecule has 2 aromatic carbocycles. The first-order valence-electron chi connectivity index (χ1n) is 8.19. The first-order chi connectivity index (χ1) is 12.5. The van der Waals surface area contributed by atoms with E-state index in [1.807, 2.05) is 24.3 Å². The van der Waals surface area contributed by atoms with Crippen LogP contribution >= 0.6 is 0 Å². The molecular formula is C17H17N5O3S. The van der Waals surface area contributed by atoms with Gasteiger partial charge in [0, 0.05) is 6.54 Å². The highest BCUT2D eigenvalue weighted by atomic mass is 32.2. The van der Waals surface area contributed by atoms with Crippen LogP contribution in [0.25, 0.3) is 10.8 Å². The highest BCUT2D eigenvalue weighted by molar-refractivity contribution is 7.89. The van der Waals surface area contributed by atoms with Crippen LogP contribution in [0, 0.1) is 0 Å². The van der Waals surface area contributed by atoms with Crippen LogP contribution in [0.3, 0.4) is 0 Å². The molecule has 26 heavy (non-hydrogen) atoms. The van der Waals surface area contributed by atoms with Gasteiger partial charge >= 0.3 is 0 Å². The van der Waals surface area contributed by atoms with Gasteiger partial charge in [0.15, 0.2) is 0 Å². The van der Waals surface area contributed by atoms with Crippen LogP contribution in [0.2, 0.25) is 0 Å². The van der Waals surface area contributed by atoms with Gasteiger partial charge in [-0.25, -0.2) is 13.0 Å². The van der Waals surface area contributed by atoms with Crippen LogP contribution in [0.4, 0.5) is 5.95 Å². The van der Waals surface area contributed by atoms with Gasteiger partial charge in [-0.2, -0.15) is 4.31 Å². The van der Waals surface area contributed by atoms with Gasteiger partial charge in [-0.1, -0.05) is 30.3 Å². The fourth-order valence-electron chi connectivity index (χ4n) is 3.31. The van der Waals surface area contributed by atoms with E-state index in [-0.39, 0.29) is 17.4 Å². The first kappa shape index (κ1) is 16.7. The summed E-state index contributed by atoms with van der Waals surface area (Å²) in [6.45, 7) is 0.285. The number of nitrogens with zero attached hydrogens (tertiary/aromatic N) is 4. The summed E-state index contributed by atoms with van der Waals surface area (Å²) in [4.78, 5) is 12.9. The number of benzene rings is 2. The molecule has 4 rings (SSSR count). The zero-order valence-electron chi connectivity index (χ0n) is 13.8. The van der Waals surface area contributed by atoms with Gasteiger partial charge in [0.2, 0.25) is 16.0 Å². The van der Waals surface area contributed by atoms with Gasteiger partial charge in [-0.3, -0.25) is 4.79 Å². The van der Waals surface area contributed by atoms with E-state index < -0.39 is 22.0 Å². The SMILES string of the molecule is Nc1nncn1C(=O)[C@@H]1CCCN1S(=O)(=O)c1ccc2ccccc2c1. The summed E-state index contributed by atoms with van der Waals surface area (Å²) < 4.78 is 28.6. The Morgan fingerprint density at radius 2 is 1.92 bits per heavy atom. The Bertz CT molecular complexity index is 1090. The molecule has 9 heteroatoms. The molecule has 2 heterocycles. The molecule has 134 valence electrons. The normalized spacial score (nSPS) is 18.4. The zero-order valence-corrected chi connectivity index (χ0v) is 14.6. The molecule has 0 bridgehead atoms. The lowest BCUT2D eigenvalue weighted by Gasteiger charge is -2.23. The minimum absolute atomic E-state index is 0.0510. The Morgan fingerprint density at radius 3 is 2.65 bits per heavy atom. The van der Waals surface area contributed by atoms with Crippen molar-refractivity contribution < 1.29 is 13.2 Å². The molecule has 1 aliphatic rings. The van der Waals surface area contributed by atoms with Crippen molar-refractivity contribution in [1.29, 1.82) is 0 Å². The Morgan fingerprint density at radius 1 is 1.15 bits per heavy atom. The minimum Gasteiger partial charge on any atom is -0.368 e. The highest BCUT2D eigenvalue weighted by Crippen LogP contribution is 2.29. The van der Waals surface area contributed by atoms with Crippen LogP contribution in [-0.4, -0.2) is 46.0 Å². The molecule has 1 saturated heterocycles. The maximum absolute atomic E-state index is 13.1. The second-order valence-corrected chi connectivity index (χ2v) is 8.07. The topological polar surface area (TPSA) is 111 Å². The molecule has 1 fully saturated rings. The van der Waals surface area contributed by atoms with Crippen molar-refractivity contribution in [3.8, 4) is 0 Å². The number of nitrogens with two attached hydrogens (primary N) is 1. The first-order valence-corrected chi connectivity index (χ1v) is 9.63. The molecule has 3 aromatic rings. The molecule has 0 saturated carbocycles. The fraction of sp³-hybridized carbons (Fsp3) is 0.235. The Kier molecular flexibility index (Phi) is 3.97. The van der Waals surface area contributed by atoms with E-state index in [1.54, 1.807) is 18.2 Å². The summed E-state index contributed by atoms with van der Waals surface area (Å²) in [5.74, 6) is -0.487. The number of rotatable bonds is 3. The lowest BCUT2D eigenvalue weighted by molar-refractivity contribution is 0.0835. The smallest absolute Gasteiger partial charge is 0.253 e. The zero-order chi connectivity index (χ0) is 18.3. The van der Waals surface area contributed by atoms with Crippen molar-refractivity contribution in [3.63, 3.8) is 0 Å². The number of carbonyl (C=O) groups is 1. The Balaban J connectivity index is 1.71. The minimum atomic E-state index is -3.81. The third-order valence-corrected chi connectivity index (χ3v) is 6.53. The van der Waals surface area contributed by atoms with Crippen LogP contribution in [0.15, 0.2) is 53.7 Å². The third-order valence-electron chi connectivity index (χ3n) is 4.63. The van der Waals surface area contributed by atoms with Crippen LogP contribution in [0.5, 0.6) is 0 Å². The van der Waals surface area contributed by atoms with Crippen molar-refractivity contribution in [2.75, 3.05) is 12.3 Å². The summed E-state index contributed by atoms with van der Waals surface area (Å²) in [6.07, 6.45) is 2.24. The van der Waals surface area contributed by atoms with E-state index in [1.165, 1.54) is 10.6 Å². The summed E-state index contributed by atoms with van der Waals surface area (Å²) in [5.41, 5.74) is 5.64. The summed E-state index contributed by atoms with van der Waals surface area (Å²) in [7, 11) is -3.81. The number of hydrogen-bond donors (Lipinski definition) is 1. The monoisotopic (exact) mass is 371 g/mol. The van der Waals surface area contributed by atoms with Gasteiger partial charge < -0.3 is 5.73 Å². The predicted octanol–water partition coefficient (Wildman–Crippen LogP) is 1.51. The number of carbonyl (C=O) groups excluding carboxylic acids is 1. The average Bonchev–Trinajstić information content (AvgIpc) is 3.30. The number of fused-ring (bicyclic) bond motifs is 1. The molecule has 1 aliphatic heterocycles. The molecule has 8 nitrogen and oxygen atoms in total. The molecule has 0 unspecified atom stereocenters. The van der Waals surface area contributed by atoms with E-state index in [0.717, 1.165) is 15.3 Å². The summed E-state index contributed by atoms with van der Waals surface area (Å²) >= 11 is 0. The summed E-state index contributed by atoms with van der Waals surface area (Å²) in [6, 6.07) is 11.7. The van der Waals surface area contributed by atoms with Crippen LogP contribution < -0.4 is 5.73 Å². The number of anilines is 1. The molecular weight excluding hydrogens is 354 g/mol. The Hall–Kier alpha value is -2.78. The van der Waals surface area contributed by atoms with Gasteiger partial charge in [-0.15, -0.1) is 10.2 Å². The number of hydrogen-bond acceptors (Lipinski definition) is 6. The largest absolute Gasteiger partial charge is 0.368 e. The quantitative estimate of drug-likeness (QED) is 0.747. The average molecular weight is 371 g/mol. The van der Waals surface area contributed by atoms with Crippen molar-refractivity contribution in [2.45, 2.75) is 23.8 Å². The van der Waals surface area contributed by atoms with E-state index in [9.17, 15) is 13.2 Å². The van der Waals surface area contributed by atoms with Gasteiger partial charge in [0.1, 0.15) is 12.4 Å². The lowest BCUT2D eigenvalue weighted by atomic mass is 10.1. The van der Waals surface area contributed by atoms with Crippen molar-refractivity contribution >= 4 is 32.7 Å². The van der Waals surface area contributed by atoms with Crippen LogP contribution in [0.1, 0.15) is 17.6 Å². The third kappa shape index (κ3) is 2.65. The van der Waals surface area contributed by atoms with E-state index in [0.29, 0.717) is 12.8 Å². The summed E-state index contributed by atoms with van der Waals surface area (Å²) in [5, 5.41) is 8.97. The van der Waals surface area contributed by atoms with Crippen molar-refractivity contribution in [1.82, 2.24) is 19.1 Å². The molecule has 0 amide bonds. The van der Waals surface area contributed by atoms with Crippen LogP contribution in [-0.2, 0) is 10.0 Å². The number of sulfonamides is 1. The molecule has 0 radical (unpaired) electrons. The van der Waals surface area contributed by atoms with Crippen molar-refractivity contribution in [2.24, 2.45) is 0 Å². The van der Waals surface area contributed by atoms with Gasteiger partial charge in [0.25, 0.3) is 5.91 Å². The van der Waals surface area contributed by atoms with E-state index in [2.05, 4.69) is 10.2 Å². The standard InChI is InChI=1S/C17H17N5O3S/c18-17-20-19-11-21(17)16(23)15-6-3-9-22(15)26(24,25)14-8-7-12-4-1-2-5-13(12)10-14/h1-2,4-5,7-8,10-11,15H,3,6,9H2,(H2,18,20)/t15-/m0/s1. The maximum Gasteiger partial charge on any atom is 0.253 e. The Labute approximate surface area is 150 Å². The fourth-order valence-corrected chi connectivity index (χ4v) is 5.00. The van der Waals surface area contributed by atoms with E-state index in [4.69, 9.17) is 5.73 Å².